The normalized spacial score (nSPS) is 26.2. The largest absolute Gasteiger partial charge is 0.359 e. The van der Waals surface area contributed by atoms with Crippen molar-refractivity contribution in [1.82, 2.24) is 14.3 Å². The van der Waals surface area contributed by atoms with Crippen LogP contribution < -0.4 is 5.32 Å². The molecule has 3 rings (SSSR count). The van der Waals surface area contributed by atoms with Crippen molar-refractivity contribution in [1.29, 1.82) is 0 Å². The van der Waals surface area contributed by atoms with Gasteiger partial charge in [-0.15, -0.1) is 0 Å². The molecule has 1 atom stereocenters. The summed E-state index contributed by atoms with van der Waals surface area (Å²) < 4.78 is 4.40. The highest BCUT2D eigenvalue weighted by atomic mass is 32.1. The van der Waals surface area contributed by atoms with Crippen molar-refractivity contribution in [2.24, 2.45) is 0 Å². The number of rotatable bonds is 4. The first-order valence-electron chi connectivity index (χ1n) is 6.10. The third-order valence-corrected chi connectivity index (χ3v) is 4.23. The Kier molecular flexibility index (Phi) is 2.81. The van der Waals surface area contributed by atoms with Gasteiger partial charge in [-0.05, 0) is 39.3 Å². The van der Waals surface area contributed by atoms with Gasteiger partial charge in [0, 0.05) is 30.0 Å². The van der Waals surface area contributed by atoms with Crippen LogP contribution in [0.2, 0.25) is 0 Å². The van der Waals surface area contributed by atoms with Crippen molar-refractivity contribution in [2.45, 2.75) is 37.6 Å². The van der Waals surface area contributed by atoms with Crippen LogP contribution in [-0.2, 0) is 0 Å². The van der Waals surface area contributed by atoms with Gasteiger partial charge >= 0.3 is 0 Å². The van der Waals surface area contributed by atoms with Crippen molar-refractivity contribution in [3.8, 4) is 0 Å². The van der Waals surface area contributed by atoms with Gasteiger partial charge in [-0.1, -0.05) is 0 Å². The quantitative estimate of drug-likeness (QED) is 0.870. The van der Waals surface area contributed by atoms with E-state index in [0.29, 0.717) is 12.0 Å². The van der Waals surface area contributed by atoms with E-state index < -0.39 is 0 Å². The zero-order valence-corrected chi connectivity index (χ0v) is 10.5. The van der Waals surface area contributed by atoms with Gasteiger partial charge in [0.05, 0.1) is 0 Å². The van der Waals surface area contributed by atoms with Gasteiger partial charge in [0.15, 0.2) is 0 Å². The highest BCUT2D eigenvalue weighted by Crippen LogP contribution is 2.39. The molecule has 1 saturated heterocycles. The zero-order chi connectivity index (χ0) is 11.0. The van der Waals surface area contributed by atoms with Crippen LogP contribution in [0.5, 0.6) is 0 Å². The summed E-state index contributed by atoms with van der Waals surface area (Å²) in [5, 5.41) is 4.43. The van der Waals surface area contributed by atoms with E-state index >= 15 is 0 Å². The second-order valence-corrected chi connectivity index (χ2v) is 5.64. The Morgan fingerprint density at radius 2 is 2.31 bits per heavy atom. The lowest BCUT2D eigenvalue weighted by Crippen LogP contribution is -2.31. The van der Waals surface area contributed by atoms with Crippen LogP contribution in [0.4, 0.5) is 5.13 Å². The summed E-state index contributed by atoms with van der Waals surface area (Å²) >= 11 is 1.51. The van der Waals surface area contributed by atoms with E-state index in [1.54, 1.807) is 0 Å². The first kappa shape index (κ1) is 10.5. The summed E-state index contributed by atoms with van der Waals surface area (Å²) in [6, 6.07) is 0.674. The second kappa shape index (κ2) is 4.30. The predicted molar refractivity (Wildman–Crippen MR) is 66.0 cm³/mol. The summed E-state index contributed by atoms with van der Waals surface area (Å²) in [7, 11) is 2.20. The molecule has 1 unspecified atom stereocenters. The first-order chi connectivity index (χ1) is 7.83. The lowest BCUT2D eigenvalue weighted by Gasteiger charge is -2.19. The molecule has 1 aliphatic carbocycles. The topological polar surface area (TPSA) is 41.0 Å². The minimum Gasteiger partial charge on any atom is -0.359 e. The van der Waals surface area contributed by atoms with Crippen LogP contribution in [0.15, 0.2) is 0 Å². The number of nitrogens with zero attached hydrogens (tertiary/aromatic N) is 3. The molecule has 1 saturated carbocycles. The smallest absolute Gasteiger partial charge is 0.202 e. The molecule has 0 radical (unpaired) electrons. The van der Waals surface area contributed by atoms with Crippen molar-refractivity contribution in [2.75, 3.05) is 25.5 Å². The molecule has 1 aromatic heterocycles. The van der Waals surface area contributed by atoms with Crippen LogP contribution in [0.25, 0.3) is 0 Å². The molecule has 16 heavy (non-hydrogen) atoms. The van der Waals surface area contributed by atoms with Crippen LogP contribution >= 0.6 is 11.5 Å². The highest BCUT2D eigenvalue weighted by Gasteiger charge is 2.28. The van der Waals surface area contributed by atoms with E-state index in [1.165, 1.54) is 43.8 Å². The molecule has 1 aliphatic heterocycles. The van der Waals surface area contributed by atoms with E-state index in [-0.39, 0.29) is 0 Å². The molecule has 0 aromatic carbocycles. The number of aromatic nitrogens is 2. The Balaban J connectivity index is 1.53. The molecule has 0 bridgehead atoms. The van der Waals surface area contributed by atoms with E-state index in [4.69, 9.17) is 0 Å². The predicted octanol–water partition coefficient (Wildman–Crippen LogP) is 1.92. The maximum absolute atomic E-state index is 4.54. The van der Waals surface area contributed by atoms with Gasteiger partial charge in [0.1, 0.15) is 5.82 Å². The van der Waals surface area contributed by atoms with E-state index in [9.17, 15) is 0 Å². The number of likely N-dealkylation sites (N-methyl/N-ethyl adjacent to an activating group) is 1. The fourth-order valence-electron chi connectivity index (χ4n) is 2.26. The van der Waals surface area contributed by atoms with Gasteiger partial charge in [0.25, 0.3) is 0 Å². The van der Waals surface area contributed by atoms with Gasteiger partial charge in [-0.3, -0.25) is 0 Å². The van der Waals surface area contributed by atoms with Crippen LogP contribution in [-0.4, -0.2) is 40.4 Å². The van der Waals surface area contributed by atoms with Gasteiger partial charge in [0.2, 0.25) is 5.13 Å². The number of likely N-dealkylation sites (tertiary alicyclic amines) is 1. The maximum atomic E-state index is 4.54. The molecule has 88 valence electrons. The molecule has 5 heteroatoms. The van der Waals surface area contributed by atoms with E-state index in [1.807, 2.05) is 0 Å². The fourth-order valence-corrected chi connectivity index (χ4v) is 2.91. The van der Waals surface area contributed by atoms with Gasteiger partial charge < -0.3 is 10.2 Å². The van der Waals surface area contributed by atoms with Crippen LogP contribution in [0.3, 0.4) is 0 Å². The summed E-state index contributed by atoms with van der Waals surface area (Å²) in [6.45, 7) is 2.24. The summed E-state index contributed by atoms with van der Waals surface area (Å²) in [6.07, 6.45) is 5.19. The summed E-state index contributed by atoms with van der Waals surface area (Å²) in [5.41, 5.74) is 0. The molecule has 0 amide bonds. The van der Waals surface area contributed by atoms with E-state index in [2.05, 4.69) is 26.6 Å². The average molecular weight is 238 g/mol. The number of nitrogens with one attached hydrogen (secondary N) is 1. The fraction of sp³-hybridized carbons (Fsp3) is 0.818. The zero-order valence-electron chi connectivity index (χ0n) is 9.65. The summed E-state index contributed by atoms with van der Waals surface area (Å²) in [5.74, 6) is 1.73. The lowest BCUT2D eigenvalue weighted by molar-refractivity contribution is 0.322. The van der Waals surface area contributed by atoms with Gasteiger partial charge in [-0.25, -0.2) is 4.98 Å². The molecule has 0 spiro atoms. The number of anilines is 1. The minimum absolute atomic E-state index is 0.668. The first-order valence-corrected chi connectivity index (χ1v) is 6.88. The van der Waals surface area contributed by atoms with Crippen molar-refractivity contribution in [3.05, 3.63) is 5.82 Å². The van der Waals surface area contributed by atoms with Crippen molar-refractivity contribution in [3.63, 3.8) is 0 Å². The standard InChI is InChI=1S/C11H18N4S/c1-15-6-2-3-9(15)7-12-11-13-10(14-16-11)8-4-5-8/h8-9H,2-7H2,1H3,(H,12,13,14). The molecule has 1 N–H and O–H groups in total. The third-order valence-electron chi connectivity index (χ3n) is 3.54. The van der Waals surface area contributed by atoms with Crippen molar-refractivity contribution >= 4 is 16.7 Å². The Morgan fingerprint density at radius 1 is 1.44 bits per heavy atom. The van der Waals surface area contributed by atoms with Gasteiger partial charge in [-0.2, -0.15) is 4.37 Å². The summed E-state index contributed by atoms with van der Waals surface area (Å²) in [4.78, 5) is 6.96. The van der Waals surface area contributed by atoms with Crippen LogP contribution in [0.1, 0.15) is 37.4 Å². The van der Waals surface area contributed by atoms with E-state index in [0.717, 1.165) is 17.5 Å². The maximum Gasteiger partial charge on any atom is 0.202 e. The number of hydrogen-bond donors (Lipinski definition) is 1. The molecular weight excluding hydrogens is 220 g/mol. The van der Waals surface area contributed by atoms with Crippen molar-refractivity contribution < 1.29 is 0 Å². The second-order valence-electron chi connectivity index (χ2n) is 4.89. The Hall–Kier alpha value is -0.680. The Labute approximate surface area is 100 Å². The lowest BCUT2D eigenvalue weighted by atomic mass is 10.2. The molecule has 2 fully saturated rings. The molecule has 4 nitrogen and oxygen atoms in total. The van der Waals surface area contributed by atoms with Crippen LogP contribution in [0, 0.1) is 0 Å². The molecular formula is C11H18N4S. The third kappa shape index (κ3) is 2.20. The Bertz CT molecular complexity index is 361. The molecule has 2 heterocycles. The Morgan fingerprint density at radius 3 is 3.00 bits per heavy atom. The minimum atomic E-state index is 0.668. The number of hydrogen-bond acceptors (Lipinski definition) is 5. The average Bonchev–Trinajstić information content (AvgIpc) is 2.89. The highest BCUT2D eigenvalue weighted by molar-refractivity contribution is 7.09. The monoisotopic (exact) mass is 238 g/mol. The molecule has 2 aliphatic rings. The SMILES string of the molecule is CN1CCCC1CNc1nc(C2CC2)ns1. The molecule has 1 aromatic rings.